The molecule has 0 radical (unpaired) electrons. The number of allylic oxidation sites excluding steroid dienone is 4. The van der Waals surface area contributed by atoms with Gasteiger partial charge in [0.2, 0.25) is 0 Å². The second-order valence-electron chi connectivity index (χ2n) is 1.43. The van der Waals surface area contributed by atoms with Crippen LogP contribution in [0.25, 0.3) is 0 Å². The first kappa shape index (κ1) is 7.00. The van der Waals surface area contributed by atoms with Gasteiger partial charge in [0.1, 0.15) is 0 Å². The number of hydrogen-bond donors (Lipinski definition) is 0. The summed E-state index contributed by atoms with van der Waals surface area (Å²) in [7, 11) is 0. The molecule has 0 N–H and O–H groups in total. The summed E-state index contributed by atoms with van der Waals surface area (Å²) in [6, 6.07) is 0. The van der Waals surface area contributed by atoms with Crippen LogP contribution in [-0.2, 0) is 17.1 Å². The maximum Gasteiger partial charge on any atom is 0 e. The Morgan fingerprint density at radius 3 is 1.43 bits per heavy atom. The summed E-state index contributed by atoms with van der Waals surface area (Å²) in [5.41, 5.74) is 0. The molecule has 0 aliphatic heterocycles. The molecule has 0 saturated heterocycles. The Kier molecular flexibility index (Phi) is 4.17. The zero-order valence-corrected chi connectivity index (χ0v) is 5.18. The minimum Gasteiger partial charge on any atom is -0.0842 e. The Morgan fingerprint density at radius 2 is 1.29 bits per heavy atom. The van der Waals surface area contributed by atoms with E-state index in [9.17, 15) is 0 Å². The van der Waals surface area contributed by atoms with E-state index in [4.69, 9.17) is 0 Å². The molecule has 1 rings (SSSR count). The van der Waals surface area contributed by atoms with E-state index >= 15 is 0 Å². The second-order valence-corrected chi connectivity index (χ2v) is 1.43. The third kappa shape index (κ3) is 2.67. The molecule has 0 nitrogen and oxygen atoms in total. The van der Waals surface area contributed by atoms with Gasteiger partial charge in [-0.2, -0.15) is 0 Å². The summed E-state index contributed by atoms with van der Waals surface area (Å²) in [4.78, 5) is 0. The van der Waals surface area contributed by atoms with Crippen molar-refractivity contribution in [2.45, 2.75) is 12.8 Å². The van der Waals surface area contributed by atoms with Crippen molar-refractivity contribution >= 4 is 0 Å². The van der Waals surface area contributed by atoms with Gasteiger partial charge in [0.15, 0.2) is 0 Å². The number of rotatable bonds is 0. The largest absolute Gasteiger partial charge is 0.0842 e. The van der Waals surface area contributed by atoms with Gasteiger partial charge in [0, 0.05) is 17.1 Å². The molecule has 0 fully saturated rings. The zero-order chi connectivity index (χ0) is 4.24. The van der Waals surface area contributed by atoms with E-state index in [1.807, 2.05) is 0 Å². The summed E-state index contributed by atoms with van der Waals surface area (Å²) in [6.07, 6.45) is 11.0. The maximum atomic E-state index is 2.18. The minimum atomic E-state index is 0. The molecule has 0 aromatic rings. The molecule has 0 amide bonds. The van der Waals surface area contributed by atoms with E-state index < -0.39 is 0 Å². The predicted octanol–water partition coefficient (Wildman–Crippen LogP) is 1.89. The predicted molar refractivity (Wildman–Crippen MR) is 27.5 cm³/mol. The zero-order valence-electron chi connectivity index (χ0n) is 4.08. The average Bonchev–Trinajstić information content (AvgIpc) is 1.72. The van der Waals surface area contributed by atoms with Crippen molar-refractivity contribution < 1.29 is 17.1 Å². The molecular weight excluding hydrogens is 128 g/mol. The molecule has 1 aliphatic rings. The first-order chi connectivity index (χ1) is 3.00. The van der Waals surface area contributed by atoms with E-state index in [1.54, 1.807) is 0 Å². The van der Waals surface area contributed by atoms with Gasteiger partial charge in [0.05, 0.1) is 0 Å². The van der Waals surface area contributed by atoms with Crippen LogP contribution in [0, 0.1) is 0 Å². The van der Waals surface area contributed by atoms with E-state index in [2.05, 4.69) is 24.3 Å². The summed E-state index contributed by atoms with van der Waals surface area (Å²) >= 11 is 0. The average molecular weight is 136 g/mol. The molecule has 0 spiro atoms. The van der Waals surface area contributed by atoms with Crippen LogP contribution in [0.3, 0.4) is 0 Å². The number of hydrogen-bond acceptors (Lipinski definition) is 0. The van der Waals surface area contributed by atoms with Crippen LogP contribution in [0.2, 0.25) is 0 Å². The summed E-state index contributed by atoms with van der Waals surface area (Å²) in [5.74, 6) is 0. The van der Waals surface area contributed by atoms with Gasteiger partial charge in [-0.15, -0.1) is 0 Å². The molecule has 0 atom stereocenters. The smallest absolute Gasteiger partial charge is 0 e. The van der Waals surface area contributed by atoms with Crippen molar-refractivity contribution in [3.05, 3.63) is 24.3 Å². The van der Waals surface area contributed by atoms with Crippen LogP contribution >= 0.6 is 0 Å². The fraction of sp³-hybridized carbons (Fsp3) is 0.333. The molecule has 0 unspecified atom stereocenters. The summed E-state index contributed by atoms with van der Waals surface area (Å²) in [5, 5.41) is 0. The van der Waals surface area contributed by atoms with Crippen LogP contribution in [0.1, 0.15) is 12.8 Å². The Hall–Kier alpha value is -0.000519. The van der Waals surface area contributed by atoms with E-state index in [-0.39, 0.29) is 17.1 Å². The quantitative estimate of drug-likeness (QED) is 0.446. The van der Waals surface area contributed by atoms with Crippen molar-refractivity contribution in [1.82, 2.24) is 0 Å². The summed E-state index contributed by atoms with van der Waals surface area (Å²) < 4.78 is 0. The standard InChI is InChI=1S/C6H8.Fe/c1-2-4-6-5-3-1;/h1-4H,5-6H2;. The van der Waals surface area contributed by atoms with Crippen LogP contribution in [0.5, 0.6) is 0 Å². The molecule has 0 heterocycles. The summed E-state index contributed by atoms with van der Waals surface area (Å²) in [6.45, 7) is 0. The Bertz CT molecular complexity index is 70.2. The van der Waals surface area contributed by atoms with Gasteiger partial charge in [-0.25, -0.2) is 0 Å². The van der Waals surface area contributed by atoms with Gasteiger partial charge in [-0.05, 0) is 12.8 Å². The van der Waals surface area contributed by atoms with E-state index in [1.165, 1.54) is 12.8 Å². The Labute approximate surface area is 54.8 Å². The van der Waals surface area contributed by atoms with Crippen LogP contribution in [0.4, 0.5) is 0 Å². The third-order valence-electron chi connectivity index (χ3n) is 0.883. The first-order valence-electron chi connectivity index (χ1n) is 2.32. The van der Waals surface area contributed by atoms with Gasteiger partial charge in [-0.3, -0.25) is 0 Å². The van der Waals surface area contributed by atoms with Gasteiger partial charge >= 0.3 is 0 Å². The van der Waals surface area contributed by atoms with Crippen molar-refractivity contribution in [3.8, 4) is 0 Å². The topological polar surface area (TPSA) is 0 Å². The molecule has 0 aromatic carbocycles. The third-order valence-corrected chi connectivity index (χ3v) is 0.883. The fourth-order valence-corrected chi connectivity index (χ4v) is 0.542. The fourth-order valence-electron chi connectivity index (χ4n) is 0.542. The van der Waals surface area contributed by atoms with Crippen molar-refractivity contribution in [2.75, 3.05) is 0 Å². The molecule has 1 aliphatic carbocycles. The second kappa shape index (κ2) is 4.17. The Balaban J connectivity index is 0.000000360. The van der Waals surface area contributed by atoms with E-state index in [0.29, 0.717) is 0 Å². The first-order valence-corrected chi connectivity index (χ1v) is 2.32. The molecule has 0 saturated carbocycles. The van der Waals surface area contributed by atoms with Crippen LogP contribution < -0.4 is 0 Å². The van der Waals surface area contributed by atoms with Gasteiger partial charge < -0.3 is 0 Å². The van der Waals surface area contributed by atoms with Gasteiger partial charge in [0.25, 0.3) is 0 Å². The molecule has 1 heteroatoms. The molecular formula is C6H8Fe. The minimum absolute atomic E-state index is 0. The SMILES string of the molecule is C1=CCCC=C1.[Fe]. The Morgan fingerprint density at radius 1 is 0.857 bits per heavy atom. The molecule has 7 heavy (non-hydrogen) atoms. The molecule has 0 aromatic heterocycles. The molecule has 40 valence electrons. The van der Waals surface area contributed by atoms with Crippen molar-refractivity contribution in [3.63, 3.8) is 0 Å². The maximum absolute atomic E-state index is 2.18. The van der Waals surface area contributed by atoms with Crippen molar-refractivity contribution in [2.24, 2.45) is 0 Å². The van der Waals surface area contributed by atoms with Crippen LogP contribution in [0.15, 0.2) is 24.3 Å². The monoisotopic (exact) mass is 136 g/mol. The normalized spacial score (nSPS) is 16.0. The van der Waals surface area contributed by atoms with Crippen LogP contribution in [-0.4, -0.2) is 0 Å². The van der Waals surface area contributed by atoms with Gasteiger partial charge in [-0.1, -0.05) is 24.3 Å². The van der Waals surface area contributed by atoms with Crippen molar-refractivity contribution in [1.29, 1.82) is 0 Å². The molecule has 0 bridgehead atoms. The van der Waals surface area contributed by atoms with E-state index in [0.717, 1.165) is 0 Å².